The van der Waals surface area contributed by atoms with Crippen molar-refractivity contribution in [3.8, 4) is 5.75 Å². The Hall–Kier alpha value is -2.79. The molecule has 0 spiro atoms. The summed E-state index contributed by atoms with van der Waals surface area (Å²) in [4.78, 5) is 23.3. The van der Waals surface area contributed by atoms with E-state index in [1.54, 1.807) is 36.4 Å². The number of ether oxygens (including phenoxy) is 1. The van der Waals surface area contributed by atoms with E-state index < -0.39 is 5.63 Å². The van der Waals surface area contributed by atoms with Gasteiger partial charge in [0.05, 0.1) is 6.04 Å². The van der Waals surface area contributed by atoms with Gasteiger partial charge in [-0.1, -0.05) is 23.7 Å². The van der Waals surface area contributed by atoms with Crippen LogP contribution in [0.5, 0.6) is 5.75 Å². The number of benzene rings is 2. The molecule has 1 N–H and O–H groups in total. The predicted molar refractivity (Wildman–Crippen MR) is 96.0 cm³/mol. The topological polar surface area (TPSA) is 68.5 Å². The van der Waals surface area contributed by atoms with Crippen molar-refractivity contribution < 1.29 is 13.9 Å². The summed E-state index contributed by atoms with van der Waals surface area (Å²) in [5.41, 5.74) is 0.892. The third-order valence-corrected chi connectivity index (χ3v) is 3.93. The zero-order valence-electron chi connectivity index (χ0n) is 13.5. The van der Waals surface area contributed by atoms with Crippen molar-refractivity contribution >= 4 is 28.5 Å². The summed E-state index contributed by atoms with van der Waals surface area (Å²) in [6.45, 7) is 1.72. The van der Waals surface area contributed by atoms with Crippen LogP contribution in [0, 0.1) is 0 Å². The van der Waals surface area contributed by atoms with E-state index in [4.69, 9.17) is 20.8 Å². The minimum Gasteiger partial charge on any atom is -0.484 e. The van der Waals surface area contributed by atoms with Gasteiger partial charge >= 0.3 is 5.63 Å². The Kier molecular flexibility index (Phi) is 5.05. The first kappa shape index (κ1) is 17.0. The van der Waals surface area contributed by atoms with Crippen LogP contribution in [0.25, 0.3) is 11.0 Å². The Bertz CT molecular complexity index is 967. The highest BCUT2D eigenvalue weighted by Crippen LogP contribution is 2.20. The zero-order chi connectivity index (χ0) is 17.8. The van der Waals surface area contributed by atoms with E-state index in [1.165, 1.54) is 6.07 Å². The van der Waals surface area contributed by atoms with Crippen LogP contribution in [0.2, 0.25) is 5.02 Å². The van der Waals surface area contributed by atoms with Gasteiger partial charge in [-0.3, -0.25) is 4.79 Å². The Balaban J connectivity index is 1.61. The molecule has 25 heavy (non-hydrogen) atoms. The van der Waals surface area contributed by atoms with Gasteiger partial charge in [0.1, 0.15) is 11.3 Å². The normalized spacial score (nSPS) is 11.9. The predicted octanol–water partition coefficient (Wildman–Crippen LogP) is 3.70. The molecule has 0 unspecified atom stereocenters. The lowest BCUT2D eigenvalue weighted by Gasteiger charge is -2.15. The molecule has 1 aromatic heterocycles. The SMILES string of the molecule is C[C@H](NC(=O)COc1ccc2ccc(=O)oc2c1)c1cccc(Cl)c1. The molecule has 1 atom stereocenters. The molecule has 128 valence electrons. The van der Waals surface area contributed by atoms with E-state index in [1.807, 2.05) is 19.1 Å². The molecule has 2 aromatic carbocycles. The van der Waals surface area contributed by atoms with E-state index in [2.05, 4.69) is 5.32 Å². The van der Waals surface area contributed by atoms with E-state index in [0.29, 0.717) is 16.4 Å². The average molecular weight is 358 g/mol. The smallest absolute Gasteiger partial charge is 0.336 e. The summed E-state index contributed by atoms with van der Waals surface area (Å²) in [5.74, 6) is 0.189. The third-order valence-electron chi connectivity index (χ3n) is 3.69. The Morgan fingerprint density at radius 1 is 1.20 bits per heavy atom. The molecular weight excluding hydrogens is 342 g/mol. The highest BCUT2D eigenvalue weighted by atomic mass is 35.5. The van der Waals surface area contributed by atoms with Gasteiger partial charge in [-0.15, -0.1) is 0 Å². The fourth-order valence-corrected chi connectivity index (χ4v) is 2.62. The largest absolute Gasteiger partial charge is 0.484 e. The lowest BCUT2D eigenvalue weighted by Crippen LogP contribution is -2.31. The molecule has 0 aliphatic carbocycles. The average Bonchev–Trinajstić information content (AvgIpc) is 2.59. The van der Waals surface area contributed by atoms with Gasteiger partial charge in [0, 0.05) is 22.5 Å². The van der Waals surface area contributed by atoms with Crippen molar-refractivity contribution in [3.05, 3.63) is 75.6 Å². The number of carbonyl (C=O) groups is 1. The summed E-state index contributed by atoms with van der Waals surface area (Å²) in [5, 5.41) is 4.25. The Morgan fingerprint density at radius 2 is 2.00 bits per heavy atom. The van der Waals surface area contributed by atoms with Crippen LogP contribution in [-0.2, 0) is 4.79 Å². The quantitative estimate of drug-likeness (QED) is 0.707. The van der Waals surface area contributed by atoms with Gasteiger partial charge in [0.15, 0.2) is 6.61 Å². The van der Waals surface area contributed by atoms with Crippen molar-refractivity contribution in [1.29, 1.82) is 0 Å². The van der Waals surface area contributed by atoms with Crippen molar-refractivity contribution in [2.75, 3.05) is 6.61 Å². The maximum Gasteiger partial charge on any atom is 0.336 e. The van der Waals surface area contributed by atoms with Gasteiger partial charge in [-0.25, -0.2) is 4.79 Å². The Morgan fingerprint density at radius 3 is 2.80 bits per heavy atom. The molecule has 0 bridgehead atoms. The molecule has 1 heterocycles. The maximum atomic E-state index is 12.1. The van der Waals surface area contributed by atoms with Gasteiger partial charge in [0.25, 0.3) is 5.91 Å². The highest BCUT2D eigenvalue weighted by molar-refractivity contribution is 6.30. The molecule has 3 aromatic rings. The van der Waals surface area contributed by atoms with Crippen molar-refractivity contribution in [2.24, 2.45) is 0 Å². The molecule has 1 amide bonds. The second-order valence-electron chi connectivity index (χ2n) is 5.59. The minimum atomic E-state index is -0.433. The first-order valence-electron chi connectivity index (χ1n) is 7.73. The van der Waals surface area contributed by atoms with Crippen LogP contribution in [0.3, 0.4) is 0 Å². The van der Waals surface area contributed by atoms with Gasteiger partial charge in [0.2, 0.25) is 0 Å². The van der Waals surface area contributed by atoms with Gasteiger partial charge in [-0.2, -0.15) is 0 Å². The summed E-state index contributed by atoms with van der Waals surface area (Å²) in [7, 11) is 0. The van der Waals surface area contributed by atoms with Crippen molar-refractivity contribution in [2.45, 2.75) is 13.0 Å². The minimum absolute atomic E-state index is 0.145. The zero-order valence-corrected chi connectivity index (χ0v) is 14.2. The third kappa shape index (κ3) is 4.39. The van der Waals surface area contributed by atoms with Crippen LogP contribution >= 0.6 is 11.6 Å². The standard InChI is InChI=1S/C19H16ClNO4/c1-12(14-3-2-4-15(20)9-14)21-18(22)11-24-16-7-5-13-6-8-19(23)25-17(13)10-16/h2-10,12H,11H2,1H3,(H,21,22)/t12-/m0/s1. The molecule has 0 radical (unpaired) electrons. The van der Waals surface area contributed by atoms with Crippen LogP contribution in [0.4, 0.5) is 0 Å². The first-order valence-corrected chi connectivity index (χ1v) is 8.10. The highest BCUT2D eigenvalue weighted by Gasteiger charge is 2.11. The summed E-state index contributed by atoms with van der Waals surface area (Å²) in [6, 6.07) is 15.2. The number of hydrogen-bond acceptors (Lipinski definition) is 4. The molecular formula is C19H16ClNO4. The van der Waals surface area contributed by atoms with E-state index >= 15 is 0 Å². The molecule has 0 aliphatic heterocycles. The van der Waals surface area contributed by atoms with Crippen LogP contribution in [0.1, 0.15) is 18.5 Å². The molecule has 0 saturated carbocycles. The molecule has 6 heteroatoms. The number of rotatable bonds is 5. The number of fused-ring (bicyclic) bond motifs is 1. The lowest BCUT2D eigenvalue weighted by atomic mass is 10.1. The second-order valence-corrected chi connectivity index (χ2v) is 6.02. The van der Waals surface area contributed by atoms with Gasteiger partial charge < -0.3 is 14.5 Å². The second kappa shape index (κ2) is 7.40. The van der Waals surface area contributed by atoms with Crippen molar-refractivity contribution in [3.63, 3.8) is 0 Å². The van der Waals surface area contributed by atoms with Crippen molar-refractivity contribution in [1.82, 2.24) is 5.32 Å². The summed E-state index contributed by atoms with van der Waals surface area (Å²) < 4.78 is 10.6. The molecule has 0 fully saturated rings. The molecule has 3 rings (SSSR count). The van der Waals surface area contributed by atoms with E-state index in [-0.39, 0.29) is 18.6 Å². The number of hydrogen-bond donors (Lipinski definition) is 1. The summed E-state index contributed by atoms with van der Waals surface area (Å²) in [6.07, 6.45) is 0. The number of amides is 1. The van der Waals surface area contributed by atoms with Crippen LogP contribution in [0.15, 0.2) is 63.8 Å². The first-order chi connectivity index (χ1) is 12.0. The number of carbonyl (C=O) groups excluding carboxylic acids is 1. The van der Waals surface area contributed by atoms with E-state index in [0.717, 1.165) is 10.9 Å². The molecule has 0 saturated heterocycles. The fraction of sp³-hybridized carbons (Fsp3) is 0.158. The van der Waals surface area contributed by atoms with E-state index in [9.17, 15) is 9.59 Å². The molecule has 5 nitrogen and oxygen atoms in total. The van der Waals surface area contributed by atoms with Crippen LogP contribution in [-0.4, -0.2) is 12.5 Å². The maximum absolute atomic E-state index is 12.1. The Labute approximate surface area is 149 Å². The number of nitrogens with one attached hydrogen (secondary N) is 1. The van der Waals surface area contributed by atoms with Crippen LogP contribution < -0.4 is 15.7 Å². The lowest BCUT2D eigenvalue weighted by molar-refractivity contribution is -0.123. The fourth-order valence-electron chi connectivity index (χ4n) is 2.42. The summed E-state index contributed by atoms with van der Waals surface area (Å²) >= 11 is 5.96. The monoisotopic (exact) mass is 357 g/mol. The molecule has 0 aliphatic rings. The van der Waals surface area contributed by atoms with Gasteiger partial charge in [-0.05, 0) is 42.8 Å². The number of halogens is 1.